The number of imide groups is 1. The minimum Gasteiger partial charge on any atom is -0.359 e. The van der Waals surface area contributed by atoms with E-state index in [1.807, 2.05) is 0 Å². The standard InChI is InChI=1S/C16H13ClN2O5/c1-15-5-6-16(2,24-15)12-11(15)13(20)18(14(12)21)9-4-3-8(17)7-10(9)19(22)23/h3-7,11-12H,1-2H3/t11-,12-,15-,16-/m1/s1. The fourth-order valence-corrected chi connectivity index (χ4v) is 4.27. The molecular weight excluding hydrogens is 336 g/mol. The van der Waals surface area contributed by atoms with Gasteiger partial charge in [0, 0.05) is 11.1 Å². The lowest BCUT2D eigenvalue weighted by Gasteiger charge is -2.25. The second-order valence-electron chi connectivity index (χ2n) is 6.66. The summed E-state index contributed by atoms with van der Waals surface area (Å²) in [6, 6.07) is 3.89. The number of ether oxygens (including phenoxy) is 1. The molecule has 0 radical (unpaired) electrons. The van der Waals surface area contributed by atoms with Crippen LogP contribution in [0.4, 0.5) is 11.4 Å². The molecule has 3 aliphatic heterocycles. The van der Waals surface area contributed by atoms with Crippen molar-refractivity contribution in [1.29, 1.82) is 0 Å². The van der Waals surface area contributed by atoms with Crippen LogP contribution in [0.5, 0.6) is 0 Å². The van der Waals surface area contributed by atoms with E-state index >= 15 is 0 Å². The van der Waals surface area contributed by atoms with Gasteiger partial charge in [0.1, 0.15) is 5.69 Å². The normalized spacial score (nSPS) is 36.5. The monoisotopic (exact) mass is 348 g/mol. The average Bonchev–Trinajstić information content (AvgIpc) is 3.04. The summed E-state index contributed by atoms with van der Waals surface area (Å²) in [5.74, 6) is -2.33. The lowest BCUT2D eigenvalue weighted by atomic mass is 9.73. The molecule has 8 heteroatoms. The van der Waals surface area contributed by atoms with Crippen molar-refractivity contribution >= 4 is 34.8 Å². The number of amides is 2. The summed E-state index contributed by atoms with van der Waals surface area (Å²) in [6.45, 7) is 3.51. The van der Waals surface area contributed by atoms with Gasteiger partial charge in [0.15, 0.2) is 0 Å². The quantitative estimate of drug-likeness (QED) is 0.354. The molecule has 4 atom stereocenters. The van der Waals surface area contributed by atoms with Crippen molar-refractivity contribution in [1.82, 2.24) is 0 Å². The highest BCUT2D eigenvalue weighted by atomic mass is 35.5. The lowest BCUT2D eigenvalue weighted by Crippen LogP contribution is -2.39. The Labute approximate surface area is 142 Å². The summed E-state index contributed by atoms with van der Waals surface area (Å²) in [5, 5.41) is 11.5. The summed E-state index contributed by atoms with van der Waals surface area (Å²) >= 11 is 5.81. The Morgan fingerprint density at radius 2 is 1.71 bits per heavy atom. The Kier molecular flexibility index (Phi) is 2.82. The average molecular weight is 349 g/mol. The van der Waals surface area contributed by atoms with E-state index in [1.165, 1.54) is 12.1 Å². The van der Waals surface area contributed by atoms with Crippen molar-refractivity contribution in [3.63, 3.8) is 0 Å². The summed E-state index contributed by atoms with van der Waals surface area (Å²) in [6.07, 6.45) is 3.58. The number of rotatable bonds is 2. The largest absolute Gasteiger partial charge is 0.359 e. The van der Waals surface area contributed by atoms with E-state index in [9.17, 15) is 19.7 Å². The fourth-order valence-electron chi connectivity index (χ4n) is 4.10. The van der Waals surface area contributed by atoms with Crippen LogP contribution >= 0.6 is 11.6 Å². The SMILES string of the molecule is C[C@]12C=C[C@@](C)(O1)[C@H]1C(=O)N(c3ccc(Cl)cc3[N+](=O)[O-])C(=O)[C@@H]12. The maximum Gasteiger partial charge on any atom is 0.294 e. The van der Waals surface area contributed by atoms with E-state index in [4.69, 9.17) is 16.3 Å². The van der Waals surface area contributed by atoms with Gasteiger partial charge < -0.3 is 4.74 Å². The highest BCUT2D eigenvalue weighted by Gasteiger charge is 2.70. The molecule has 0 aliphatic carbocycles. The van der Waals surface area contributed by atoms with Crippen LogP contribution in [-0.4, -0.2) is 27.9 Å². The predicted octanol–water partition coefficient (Wildman–Crippen LogP) is 2.47. The number of fused-ring (bicyclic) bond motifs is 5. The van der Waals surface area contributed by atoms with Gasteiger partial charge in [-0.25, -0.2) is 4.90 Å². The van der Waals surface area contributed by atoms with Gasteiger partial charge in [0.25, 0.3) is 5.69 Å². The number of anilines is 1. The number of benzene rings is 1. The summed E-state index contributed by atoms with van der Waals surface area (Å²) < 4.78 is 5.90. The maximum absolute atomic E-state index is 12.9. The number of halogens is 1. The molecule has 3 aliphatic rings. The van der Waals surface area contributed by atoms with E-state index in [0.717, 1.165) is 11.0 Å². The predicted molar refractivity (Wildman–Crippen MR) is 84.6 cm³/mol. The van der Waals surface area contributed by atoms with Crippen LogP contribution in [-0.2, 0) is 14.3 Å². The highest BCUT2D eigenvalue weighted by Crippen LogP contribution is 2.57. The minimum atomic E-state index is -0.873. The second kappa shape index (κ2) is 4.43. The van der Waals surface area contributed by atoms with Gasteiger partial charge in [-0.1, -0.05) is 23.8 Å². The van der Waals surface area contributed by atoms with Gasteiger partial charge in [-0.15, -0.1) is 0 Å². The molecule has 2 amide bonds. The van der Waals surface area contributed by atoms with Crippen molar-refractivity contribution in [3.8, 4) is 0 Å². The van der Waals surface area contributed by atoms with Crippen molar-refractivity contribution in [2.24, 2.45) is 11.8 Å². The van der Waals surface area contributed by atoms with Crippen LogP contribution in [0.15, 0.2) is 30.4 Å². The Morgan fingerprint density at radius 1 is 1.17 bits per heavy atom. The number of nitrogens with zero attached hydrogens (tertiary/aromatic N) is 2. The second-order valence-corrected chi connectivity index (χ2v) is 7.10. The molecule has 1 aromatic rings. The maximum atomic E-state index is 12.9. The summed E-state index contributed by atoms with van der Waals surface area (Å²) in [5.41, 5.74) is -2.18. The van der Waals surface area contributed by atoms with Crippen LogP contribution < -0.4 is 4.90 Å². The number of carbonyl (C=O) groups is 2. The molecule has 1 aromatic carbocycles. The first-order chi connectivity index (χ1) is 11.2. The van der Waals surface area contributed by atoms with Crippen molar-refractivity contribution in [2.45, 2.75) is 25.0 Å². The van der Waals surface area contributed by atoms with E-state index < -0.39 is 39.8 Å². The highest BCUT2D eigenvalue weighted by molar-refractivity contribution is 6.31. The molecule has 4 rings (SSSR count). The van der Waals surface area contributed by atoms with Crippen LogP contribution in [0.3, 0.4) is 0 Å². The summed E-state index contributed by atoms with van der Waals surface area (Å²) in [4.78, 5) is 37.4. The molecule has 0 spiro atoms. The zero-order valence-corrected chi connectivity index (χ0v) is 13.6. The number of carbonyl (C=O) groups excluding carboxylic acids is 2. The topological polar surface area (TPSA) is 89.8 Å². The lowest BCUT2D eigenvalue weighted by molar-refractivity contribution is -0.384. The molecule has 24 heavy (non-hydrogen) atoms. The number of hydrogen-bond acceptors (Lipinski definition) is 5. The van der Waals surface area contributed by atoms with Gasteiger partial charge in [-0.2, -0.15) is 0 Å². The first kappa shape index (κ1) is 15.3. The molecule has 0 saturated carbocycles. The number of nitro groups is 1. The first-order valence-corrected chi connectivity index (χ1v) is 7.78. The van der Waals surface area contributed by atoms with Crippen LogP contribution in [0.1, 0.15) is 13.8 Å². The smallest absolute Gasteiger partial charge is 0.294 e. The first-order valence-electron chi connectivity index (χ1n) is 7.40. The van der Waals surface area contributed by atoms with Gasteiger partial charge in [-0.05, 0) is 26.0 Å². The van der Waals surface area contributed by atoms with Crippen LogP contribution in [0, 0.1) is 22.0 Å². The molecular formula is C16H13ClN2O5. The number of nitro benzene ring substituents is 1. The molecule has 7 nitrogen and oxygen atoms in total. The van der Waals surface area contributed by atoms with Gasteiger partial charge >= 0.3 is 0 Å². The van der Waals surface area contributed by atoms with E-state index in [2.05, 4.69) is 0 Å². The van der Waals surface area contributed by atoms with E-state index in [1.54, 1.807) is 26.0 Å². The van der Waals surface area contributed by atoms with Crippen molar-refractivity contribution in [3.05, 3.63) is 45.5 Å². The number of hydrogen-bond donors (Lipinski definition) is 0. The van der Waals surface area contributed by atoms with Gasteiger partial charge in [-0.3, -0.25) is 19.7 Å². The molecule has 3 heterocycles. The molecule has 124 valence electrons. The van der Waals surface area contributed by atoms with Crippen molar-refractivity contribution in [2.75, 3.05) is 4.90 Å². The Morgan fingerprint density at radius 3 is 2.21 bits per heavy atom. The Bertz CT molecular complexity index is 817. The third kappa shape index (κ3) is 1.71. The molecule has 2 saturated heterocycles. The Hall–Kier alpha value is -2.25. The zero-order chi connectivity index (χ0) is 17.4. The zero-order valence-electron chi connectivity index (χ0n) is 12.9. The van der Waals surface area contributed by atoms with E-state index in [0.29, 0.717) is 0 Å². The third-order valence-corrected chi connectivity index (χ3v) is 5.34. The molecule has 2 bridgehead atoms. The minimum absolute atomic E-state index is 0.0552. The van der Waals surface area contributed by atoms with Gasteiger partial charge in [0.2, 0.25) is 11.8 Å². The summed E-state index contributed by atoms with van der Waals surface area (Å²) in [7, 11) is 0. The molecule has 0 aromatic heterocycles. The molecule has 0 N–H and O–H groups in total. The van der Waals surface area contributed by atoms with Gasteiger partial charge in [0.05, 0.1) is 28.0 Å². The molecule has 2 fully saturated rings. The third-order valence-electron chi connectivity index (χ3n) is 5.10. The van der Waals surface area contributed by atoms with Crippen LogP contribution in [0.25, 0.3) is 0 Å². The molecule has 0 unspecified atom stereocenters. The van der Waals surface area contributed by atoms with Crippen molar-refractivity contribution < 1.29 is 19.2 Å². The fraction of sp³-hybridized carbons (Fsp3) is 0.375. The Balaban J connectivity index is 1.85. The van der Waals surface area contributed by atoms with Crippen LogP contribution in [0.2, 0.25) is 5.02 Å². The van der Waals surface area contributed by atoms with E-state index in [-0.39, 0.29) is 16.4 Å².